The predicted octanol–water partition coefficient (Wildman–Crippen LogP) is 3.13. The Kier molecular flexibility index (Phi) is 4.25. The van der Waals surface area contributed by atoms with Crippen molar-refractivity contribution in [1.82, 2.24) is 0 Å². The largest absolute Gasteiger partial charge is 0.427 e. The van der Waals surface area contributed by atoms with Crippen molar-refractivity contribution in [2.45, 2.75) is 58.4 Å². The Labute approximate surface area is 122 Å². The zero-order chi connectivity index (χ0) is 13.9. The lowest BCUT2D eigenvalue weighted by molar-refractivity contribution is -0.122. The van der Waals surface area contributed by atoms with E-state index >= 15 is 0 Å². The van der Waals surface area contributed by atoms with Crippen LogP contribution in [0.2, 0.25) is 6.82 Å². The highest BCUT2D eigenvalue weighted by Crippen LogP contribution is 2.25. The zero-order valence-corrected chi connectivity index (χ0v) is 12.4. The van der Waals surface area contributed by atoms with E-state index in [1.165, 1.54) is 36.7 Å². The second-order valence-electron chi connectivity index (χ2n) is 6.32. The van der Waals surface area contributed by atoms with E-state index in [1.54, 1.807) is 0 Å². The first-order valence-electron chi connectivity index (χ1n) is 8.00. The molecule has 3 heteroatoms. The van der Waals surface area contributed by atoms with E-state index in [2.05, 4.69) is 25.0 Å². The topological polar surface area (TPSA) is 26.3 Å². The van der Waals surface area contributed by atoms with Crippen molar-refractivity contribution in [1.29, 1.82) is 0 Å². The minimum absolute atomic E-state index is 0.179. The fraction of sp³-hybridized carbons (Fsp3) is 0.588. The summed E-state index contributed by atoms with van der Waals surface area (Å²) >= 11 is 0. The second kappa shape index (κ2) is 6.13. The highest BCUT2D eigenvalue weighted by molar-refractivity contribution is 6.67. The summed E-state index contributed by atoms with van der Waals surface area (Å²) in [6, 6.07) is 6.42. The standard InChI is InChI=1S/C17H23BO2/c1-18-16-10-13(8-9-15(16)12-20-18)11-17(19)14-6-4-2-3-5-7-14/h8-10,14H,2-7,11-12H2,1H3. The van der Waals surface area contributed by atoms with Gasteiger partial charge in [0.05, 0.1) is 6.61 Å². The van der Waals surface area contributed by atoms with Gasteiger partial charge in [0.15, 0.2) is 0 Å². The molecule has 3 rings (SSSR count). The summed E-state index contributed by atoms with van der Waals surface area (Å²) in [5.41, 5.74) is 3.72. The van der Waals surface area contributed by atoms with Gasteiger partial charge in [-0.05, 0) is 29.4 Å². The molecule has 0 atom stereocenters. The van der Waals surface area contributed by atoms with Crippen LogP contribution in [-0.2, 0) is 22.5 Å². The van der Waals surface area contributed by atoms with E-state index in [4.69, 9.17) is 4.65 Å². The first-order chi connectivity index (χ1) is 9.74. The third kappa shape index (κ3) is 2.98. The summed E-state index contributed by atoms with van der Waals surface area (Å²) in [7, 11) is 0. The molecule has 0 spiro atoms. The van der Waals surface area contributed by atoms with Crippen molar-refractivity contribution >= 4 is 18.2 Å². The Morgan fingerprint density at radius 3 is 2.75 bits per heavy atom. The molecule has 2 aliphatic rings. The monoisotopic (exact) mass is 270 g/mol. The van der Waals surface area contributed by atoms with Gasteiger partial charge in [0.1, 0.15) is 5.78 Å². The number of carbonyl (C=O) groups excluding carboxylic acids is 1. The maximum atomic E-state index is 12.5. The van der Waals surface area contributed by atoms with Gasteiger partial charge in [-0.2, -0.15) is 0 Å². The summed E-state index contributed by atoms with van der Waals surface area (Å²) in [5.74, 6) is 0.748. The van der Waals surface area contributed by atoms with Gasteiger partial charge < -0.3 is 4.65 Å². The van der Waals surface area contributed by atoms with E-state index in [9.17, 15) is 4.79 Å². The summed E-state index contributed by atoms with van der Waals surface area (Å²) in [5, 5.41) is 0. The maximum absolute atomic E-state index is 12.5. The van der Waals surface area contributed by atoms with Gasteiger partial charge in [-0.1, -0.05) is 50.7 Å². The quantitative estimate of drug-likeness (QED) is 0.623. The molecule has 1 heterocycles. The minimum Gasteiger partial charge on any atom is -0.427 e. The molecule has 1 aliphatic carbocycles. The molecule has 0 unspecified atom stereocenters. The number of rotatable bonds is 3. The molecular weight excluding hydrogens is 247 g/mol. The van der Waals surface area contributed by atoms with Gasteiger partial charge in [-0.3, -0.25) is 4.79 Å². The van der Waals surface area contributed by atoms with Gasteiger partial charge in [0, 0.05) is 12.3 Å². The fourth-order valence-corrected chi connectivity index (χ4v) is 3.52. The number of ketones is 1. The van der Waals surface area contributed by atoms with Crippen molar-refractivity contribution in [2.24, 2.45) is 5.92 Å². The summed E-state index contributed by atoms with van der Waals surface area (Å²) in [4.78, 5) is 12.5. The molecule has 0 amide bonds. The second-order valence-corrected chi connectivity index (χ2v) is 6.32. The molecule has 1 saturated carbocycles. The third-order valence-corrected chi connectivity index (χ3v) is 4.83. The number of hydrogen-bond donors (Lipinski definition) is 0. The Morgan fingerprint density at radius 1 is 1.25 bits per heavy atom. The van der Waals surface area contributed by atoms with Crippen molar-refractivity contribution in [3.63, 3.8) is 0 Å². The first-order valence-corrected chi connectivity index (χ1v) is 8.00. The van der Waals surface area contributed by atoms with Crippen LogP contribution in [-0.4, -0.2) is 12.7 Å². The fourth-order valence-electron chi connectivity index (χ4n) is 3.52. The average Bonchev–Trinajstić information content (AvgIpc) is 2.69. The normalized spacial score (nSPS) is 19.8. The maximum Gasteiger partial charge on any atom is 0.324 e. The number of carbonyl (C=O) groups is 1. The highest BCUT2D eigenvalue weighted by Gasteiger charge is 2.25. The molecule has 0 aromatic heterocycles. The smallest absolute Gasteiger partial charge is 0.324 e. The first kappa shape index (κ1) is 13.9. The van der Waals surface area contributed by atoms with Crippen LogP contribution in [0.25, 0.3) is 0 Å². The molecule has 1 fully saturated rings. The Bertz CT molecular complexity index is 490. The van der Waals surface area contributed by atoms with E-state index < -0.39 is 0 Å². The molecule has 0 bridgehead atoms. The van der Waals surface area contributed by atoms with E-state index in [-0.39, 0.29) is 6.92 Å². The average molecular weight is 270 g/mol. The SMILES string of the molecule is CB1OCc2ccc(CC(=O)C3CCCCCC3)cc21. The minimum atomic E-state index is 0.179. The van der Waals surface area contributed by atoms with E-state index in [0.717, 1.165) is 18.4 Å². The third-order valence-electron chi connectivity index (χ3n) is 4.83. The van der Waals surface area contributed by atoms with Crippen LogP contribution in [0.5, 0.6) is 0 Å². The zero-order valence-electron chi connectivity index (χ0n) is 12.4. The van der Waals surface area contributed by atoms with Gasteiger partial charge in [0.25, 0.3) is 0 Å². The number of benzene rings is 1. The molecule has 20 heavy (non-hydrogen) atoms. The van der Waals surface area contributed by atoms with E-state index in [1.807, 2.05) is 0 Å². The van der Waals surface area contributed by atoms with Gasteiger partial charge in [0.2, 0.25) is 0 Å². The molecule has 0 radical (unpaired) electrons. The van der Waals surface area contributed by atoms with Gasteiger partial charge in [-0.15, -0.1) is 0 Å². The van der Waals surface area contributed by atoms with Crippen LogP contribution in [0, 0.1) is 5.92 Å². The lowest BCUT2D eigenvalue weighted by Crippen LogP contribution is -2.25. The molecular formula is C17H23BO2. The number of Topliss-reactive ketones (excluding diaryl/α,β-unsaturated/α-hetero) is 1. The lowest BCUT2D eigenvalue weighted by Gasteiger charge is -2.13. The highest BCUT2D eigenvalue weighted by atomic mass is 16.4. The van der Waals surface area contributed by atoms with Gasteiger partial charge >= 0.3 is 6.92 Å². The van der Waals surface area contributed by atoms with E-state index in [0.29, 0.717) is 24.7 Å². The van der Waals surface area contributed by atoms with Crippen molar-refractivity contribution in [3.8, 4) is 0 Å². The van der Waals surface area contributed by atoms with Crippen LogP contribution in [0.1, 0.15) is 49.7 Å². The Hall–Kier alpha value is -1.09. The number of fused-ring (bicyclic) bond motifs is 1. The van der Waals surface area contributed by atoms with Gasteiger partial charge in [-0.25, -0.2) is 0 Å². The molecule has 0 saturated heterocycles. The molecule has 1 aromatic rings. The predicted molar refractivity (Wildman–Crippen MR) is 82.4 cm³/mol. The molecule has 2 nitrogen and oxygen atoms in total. The van der Waals surface area contributed by atoms with Crippen LogP contribution in [0.3, 0.4) is 0 Å². The van der Waals surface area contributed by atoms with Crippen LogP contribution < -0.4 is 5.46 Å². The molecule has 1 aromatic carbocycles. The number of hydrogen-bond acceptors (Lipinski definition) is 2. The van der Waals surface area contributed by atoms with Crippen LogP contribution in [0.15, 0.2) is 18.2 Å². The van der Waals surface area contributed by atoms with Crippen LogP contribution >= 0.6 is 0 Å². The lowest BCUT2D eigenvalue weighted by atomic mass is 9.64. The van der Waals surface area contributed by atoms with Crippen molar-refractivity contribution < 1.29 is 9.45 Å². The van der Waals surface area contributed by atoms with Crippen molar-refractivity contribution in [2.75, 3.05) is 0 Å². The molecule has 1 aliphatic heterocycles. The van der Waals surface area contributed by atoms with Crippen LogP contribution in [0.4, 0.5) is 0 Å². The molecule has 106 valence electrons. The summed E-state index contributed by atoms with van der Waals surface area (Å²) < 4.78 is 5.63. The molecule has 0 N–H and O–H groups in total. The Balaban J connectivity index is 1.68. The summed E-state index contributed by atoms with van der Waals surface area (Å²) in [6.07, 6.45) is 7.86. The Morgan fingerprint density at radius 2 is 2.00 bits per heavy atom. The summed E-state index contributed by atoms with van der Waals surface area (Å²) in [6.45, 7) is 2.98. The van der Waals surface area contributed by atoms with Crippen molar-refractivity contribution in [3.05, 3.63) is 29.3 Å².